The van der Waals surface area contributed by atoms with Crippen molar-refractivity contribution in [3.63, 3.8) is 0 Å². The molecule has 94 valence electrons. The van der Waals surface area contributed by atoms with E-state index in [1.165, 1.54) is 50.9 Å². The summed E-state index contributed by atoms with van der Waals surface area (Å²) in [7, 11) is 0. The molecular weight excluding hydrogens is 194 g/mol. The van der Waals surface area contributed by atoms with Crippen LogP contribution in [-0.4, -0.2) is 24.5 Å². The molecule has 1 fully saturated rings. The number of allylic oxidation sites excluding steroid dienone is 3. The van der Waals surface area contributed by atoms with Crippen molar-refractivity contribution >= 4 is 0 Å². The van der Waals surface area contributed by atoms with Gasteiger partial charge in [-0.05, 0) is 46.2 Å². The maximum Gasteiger partial charge on any atom is 0.00186 e. The lowest BCUT2D eigenvalue weighted by Gasteiger charge is -2.26. The third-order valence-electron chi connectivity index (χ3n) is 2.84. The average Bonchev–Trinajstić information content (AvgIpc) is 2.37. The van der Waals surface area contributed by atoms with E-state index in [9.17, 15) is 0 Å². The van der Waals surface area contributed by atoms with E-state index >= 15 is 0 Å². The molecule has 0 unspecified atom stereocenters. The Hall–Kier alpha value is -0.560. The molecule has 0 aromatic rings. The standard InChI is InChI=1S/C13H23N.C2H6/c1-3-4-8-13(2)9-12-14-10-6-5-7-11-14;1-2/h3-4,8H,5-7,9-12H2,1-2H3;1-2H3/b4-3-,13-8+;. The highest BCUT2D eigenvalue weighted by Crippen LogP contribution is 2.10. The van der Waals surface area contributed by atoms with Crippen LogP contribution in [0.3, 0.4) is 0 Å². The summed E-state index contributed by atoms with van der Waals surface area (Å²) in [5, 5.41) is 0. The third kappa shape index (κ3) is 7.70. The minimum Gasteiger partial charge on any atom is -0.303 e. The Kier molecular flexibility index (Phi) is 10.6. The van der Waals surface area contributed by atoms with Gasteiger partial charge in [-0.2, -0.15) is 0 Å². The summed E-state index contributed by atoms with van der Waals surface area (Å²) in [6, 6.07) is 0. The summed E-state index contributed by atoms with van der Waals surface area (Å²) in [4.78, 5) is 2.59. The van der Waals surface area contributed by atoms with E-state index in [2.05, 4.69) is 37.0 Å². The van der Waals surface area contributed by atoms with E-state index in [1.54, 1.807) is 0 Å². The zero-order chi connectivity index (χ0) is 12.2. The van der Waals surface area contributed by atoms with Crippen molar-refractivity contribution in [2.24, 2.45) is 0 Å². The summed E-state index contributed by atoms with van der Waals surface area (Å²) < 4.78 is 0. The van der Waals surface area contributed by atoms with Crippen molar-refractivity contribution in [2.45, 2.75) is 53.4 Å². The maximum absolute atomic E-state index is 2.59. The fourth-order valence-corrected chi connectivity index (χ4v) is 1.86. The molecule has 0 bridgehead atoms. The second-order valence-electron chi connectivity index (χ2n) is 4.19. The van der Waals surface area contributed by atoms with Gasteiger partial charge >= 0.3 is 0 Å². The molecule has 0 aliphatic carbocycles. The van der Waals surface area contributed by atoms with E-state index in [0.29, 0.717) is 0 Å². The molecule has 1 nitrogen and oxygen atoms in total. The molecule has 0 aromatic carbocycles. The van der Waals surface area contributed by atoms with Gasteiger partial charge in [0.2, 0.25) is 0 Å². The molecule has 1 aliphatic heterocycles. The minimum atomic E-state index is 1.23. The van der Waals surface area contributed by atoms with Gasteiger partial charge in [0.25, 0.3) is 0 Å². The molecule has 0 spiro atoms. The Morgan fingerprint density at radius 2 is 1.75 bits per heavy atom. The highest BCUT2D eigenvalue weighted by Gasteiger charge is 2.08. The predicted octanol–water partition coefficient (Wildman–Crippen LogP) is 4.41. The third-order valence-corrected chi connectivity index (χ3v) is 2.84. The van der Waals surface area contributed by atoms with Crippen LogP contribution in [0.2, 0.25) is 0 Å². The zero-order valence-electron chi connectivity index (χ0n) is 11.6. The Labute approximate surface area is 102 Å². The van der Waals surface area contributed by atoms with E-state index in [-0.39, 0.29) is 0 Å². The SMILES string of the molecule is C/C=C\C=C(/C)CCN1CCCCC1.CC. The van der Waals surface area contributed by atoms with Crippen LogP contribution in [0.4, 0.5) is 0 Å². The topological polar surface area (TPSA) is 3.24 Å². The van der Waals surface area contributed by atoms with Crippen molar-refractivity contribution in [1.29, 1.82) is 0 Å². The van der Waals surface area contributed by atoms with Gasteiger partial charge in [0.15, 0.2) is 0 Å². The minimum absolute atomic E-state index is 1.23. The molecular formula is C15H29N. The number of piperidine rings is 1. The first-order chi connectivity index (χ1) is 7.83. The molecule has 0 radical (unpaired) electrons. The Bertz CT molecular complexity index is 197. The van der Waals surface area contributed by atoms with Crippen LogP contribution in [0, 0.1) is 0 Å². The Morgan fingerprint density at radius 1 is 1.12 bits per heavy atom. The Morgan fingerprint density at radius 3 is 2.31 bits per heavy atom. The molecule has 1 heteroatoms. The summed E-state index contributed by atoms with van der Waals surface area (Å²) in [5.74, 6) is 0. The number of rotatable bonds is 4. The van der Waals surface area contributed by atoms with Crippen LogP contribution in [0.1, 0.15) is 53.4 Å². The van der Waals surface area contributed by atoms with Gasteiger partial charge in [-0.3, -0.25) is 0 Å². The van der Waals surface area contributed by atoms with E-state index in [0.717, 1.165) is 0 Å². The van der Waals surface area contributed by atoms with Crippen LogP contribution >= 0.6 is 0 Å². The van der Waals surface area contributed by atoms with Gasteiger partial charge in [0.1, 0.15) is 0 Å². The first-order valence-electron chi connectivity index (χ1n) is 6.83. The molecule has 1 rings (SSSR count). The van der Waals surface area contributed by atoms with E-state index in [4.69, 9.17) is 0 Å². The monoisotopic (exact) mass is 223 g/mol. The second-order valence-corrected chi connectivity index (χ2v) is 4.19. The van der Waals surface area contributed by atoms with E-state index in [1.807, 2.05) is 13.8 Å². The van der Waals surface area contributed by atoms with Gasteiger partial charge < -0.3 is 4.90 Å². The van der Waals surface area contributed by atoms with Crippen LogP contribution in [0.25, 0.3) is 0 Å². The molecule has 0 amide bonds. The average molecular weight is 223 g/mol. The largest absolute Gasteiger partial charge is 0.303 e. The highest BCUT2D eigenvalue weighted by molar-refractivity contribution is 5.09. The second kappa shape index (κ2) is 10.9. The number of hydrogen-bond acceptors (Lipinski definition) is 1. The zero-order valence-corrected chi connectivity index (χ0v) is 11.6. The quantitative estimate of drug-likeness (QED) is 0.638. The summed E-state index contributed by atoms with van der Waals surface area (Å²) >= 11 is 0. The normalized spacial score (nSPS) is 18.4. The van der Waals surface area contributed by atoms with Crippen molar-refractivity contribution in [2.75, 3.05) is 19.6 Å². The summed E-state index contributed by atoms with van der Waals surface area (Å²) in [6.45, 7) is 12.2. The number of likely N-dealkylation sites (tertiary alicyclic amines) is 1. The van der Waals surface area contributed by atoms with E-state index < -0.39 is 0 Å². The lowest BCUT2D eigenvalue weighted by molar-refractivity contribution is 0.231. The molecule has 0 aromatic heterocycles. The number of hydrogen-bond donors (Lipinski definition) is 0. The van der Waals surface area contributed by atoms with Crippen LogP contribution in [0.15, 0.2) is 23.8 Å². The van der Waals surface area contributed by atoms with Crippen LogP contribution in [-0.2, 0) is 0 Å². The first kappa shape index (κ1) is 15.4. The fraction of sp³-hybridized carbons (Fsp3) is 0.733. The first-order valence-corrected chi connectivity index (χ1v) is 6.83. The highest BCUT2D eigenvalue weighted by atomic mass is 15.1. The smallest absolute Gasteiger partial charge is 0.00186 e. The van der Waals surface area contributed by atoms with Crippen molar-refractivity contribution in [3.05, 3.63) is 23.8 Å². The van der Waals surface area contributed by atoms with Gasteiger partial charge in [0.05, 0.1) is 0 Å². The molecule has 0 N–H and O–H groups in total. The number of nitrogens with zero attached hydrogens (tertiary/aromatic N) is 1. The lowest BCUT2D eigenvalue weighted by atomic mass is 10.1. The fourth-order valence-electron chi connectivity index (χ4n) is 1.86. The Balaban J connectivity index is 0.00000106. The molecule has 1 aliphatic rings. The van der Waals surface area contributed by atoms with Crippen LogP contribution in [0.5, 0.6) is 0 Å². The molecule has 1 saturated heterocycles. The maximum atomic E-state index is 2.59. The van der Waals surface area contributed by atoms with Gasteiger partial charge in [-0.25, -0.2) is 0 Å². The lowest BCUT2D eigenvalue weighted by Crippen LogP contribution is -2.30. The summed E-state index contributed by atoms with van der Waals surface area (Å²) in [6.07, 6.45) is 11.9. The van der Waals surface area contributed by atoms with Crippen molar-refractivity contribution in [3.8, 4) is 0 Å². The molecule has 1 heterocycles. The van der Waals surface area contributed by atoms with Gasteiger partial charge in [0, 0.05) is 6.54 Å². The molecule has 16 heavy (non-hydrogen) atoms. The van der Waals surface area contributed by atoms with Gasteiger partial charge in [-0.1, -0.05) is 44.1 Å². The summed E-state index contributed by atoms with van der Waals surface area (Å²) in [5.41, 5.74) is 1.49. The van der Waals surface area contributed by atoms with Gasteiger partial charge in [-0.15, -0.1) is 0 Å². The molecule has 0 atom stereocenters. The van der Waals surface area contributed by atoms with Crippen molar-refractivity contribution < 1.29 is 0 Å². The predicted molar refractivity (Wildman–Crippen MR) is 74.8 cm³/mol. The molecule has 0 saturated carbocycles. The van der Waals surface area contributed by atoms with Crippen molar-refractivity contribution in [1.82, 2.24) is 4.90 Å². The van der Waals surface area contributed by atoms with Crippen LogP contribution < -0.4 is 0 Å².